The summed E-state index contributed by atoms with van der Waals surface area (Å²) in [4.78, 5) is 0. The Hall–Kier alpha value is -1.60. The van der Waals surface area contributed by atoms with Crippen LogP contribution in [0, 0.1) is 0 Å². The van der Waals surface area contributed by atoms with Crippen molar-refractivity contribution >= 4 is 0 Å². The fourth-order valence-corrected chi connectivity index (χ4v) is 2.24. The van der Waals surface area contributed by atoms with Gasteiger partial charge in [-0.1, -0.05) is 60.7 Å². The van der Waals surface area contributed by atoms with Crippen LogP contribution in [0.3, 0.4) is 0 Å². The lowest BCUT2D eigenvalue weighted by atomic mass is 10.1. The summed E-state index contributed by atoms with van der Waals surface area (Å²) in [5, 5.41) is 3.60. The molecule has 1 heteroatoms. The summed E-state index contributed by atoms with van der Waals surface area (Å²) >= 11 is 0. The first-order chi connectivity index (χ1) is 9.34. The minimum atomic E-state index is 0.573. The maximum absolute atomic E-state index is 3.60. The summed E-state index contributed by atoms with van der Waals surface area (Å²) in [6, 6.07) is 21.9. The molecule has 0 radical (unpaired) electrons. The highest BCUT2D eigenvalue weighted by atomic mass is 14.9. The van der Waals surface area contributed by atoms with Gasteiger partial charge in [-0.2, -0.15) is 0 Å². The normalized spacial score (nSPS) is 12.3. The average Bonchev–Trinajstić information content (AvgIpc) is 2.47. The predicted molar refractivity (Wildman–Crippen MR) is 82.4 cm³/mol. The molecule has 0 aliphatic heterocycles. The zero-order chi connectivity index (χ0) is 13.3. The average molecular weight is 253 g/mol. The van der Waals surface area contributed by atoms with Crippen LogP contribution in [0.4, 0.5) is 0 Å². The highest BCUT2D eigenvalue weighted by molar-refractivity contribution is 5.15. The third kappa shape index (κ3) is 5.27. The van der Waals surface area contributed by atoms with E-state index in [9.17, 15) is 0 Å². The maximum atomic E-state index is 3.60. The van der Waals surface area contributed by atoms with Crippen molar-refractivity contribution in [1.82, 2.24) is 5.32 Å². The zero-order valence-electron chi connectivity index (χ0n) is 11.7. The van der Waals surface area contributed by atoms with Crippen molar-refractivity contribution < 1.29 is 0 Å². The van der Waals surface area contributed by atoms with E-state index in [1.807, 2.05) is 0 Å². The van der Waals surface area contributed by atoms with E-state index < -0.39 is 0 Å². The van der Waals surface area contributed by atoms with Gasteiger partial charge in [-0.05, 0) is 43.9 Å². The van der Waals surface area contributed by atoms with E-state index in [0.717, 1.165) is 19.4 Å². The monoisotopic (exact) mass is 253 g/mol. The topological polar surface area (TPSA) is 12.0 Å². The van der Waals surface area contributed by atoms with Gasteiger partial charge in [-0.25, -0.2) is 0 Å². The summed E-state index contributed by atoms with van der Waals surface area (Å²) < 4.78 is 0. The maximum Gasteiger partial charge on any atom is 0.00420 e. The SMILES string of the molecule is CC(CCc1ccccc1)NCCc1ccccc1. The molecular weight excluding hydrogens is 230 g/mol. The lowest BCUT2D eigenvalue weighted by Gasteiger charge is -2.13. The van der Waals surface area contributed by atoms with E-state index >= 15 is 0 Å². The molecule has 2 rings (SSSR count). The first kappa shape index (κ1) is 13.8. The molecule has 0 saturated carbocycles. The largest absolute Gasteiger partial charge is 0.314 e. The van der Waals surface area contributed by atoms with Gasteiger partial charge in [0.25, 0.3) is 0 Å². The Kier molecular flexibility index (Phi) is 5.64. The van der Waals surface area contributed by atoms with Crippen molar-refractivity contribution in [2.24, 2.45) is 0 Å². The Morgan fingerprint density at radius 3 is 1.89 bits per heavy atom. The minimum absolute atomic E-state index is 0.573. The van der Waals surface area contributed by atoms with Gasteiger partial charge in [0, 0.05) is 6.04 Å². The second-order valence-electron chi connectivity index (χ2n) is 5.12. The lowest BCUT2D eigenvalue weighted by Crippen LogP contribution is -2.28. The number of benzene rings is 2. The Morgan fingerprint density at radius 2 is 1.32 bits per heavy atom. The van der Waals surface area contributed by atoms with Crippen LogP contribution >= 0.6 is 0 Å². The van der Waals surface area contributed by atoms with Crippen molar-refractivity contribution in [3.8, 4) is 0 Å². The number of hydrogen-bond acceptors (Lipinski definition) is 1. The first-order valence-electron chi connectivity index (χ1n) is 7.16. The number of nitrogens with one attached hydrogen (secondary N) is 1. The van der Waals surface area contributed by atoms with Crippen LogP contribution in [0.2, 0.25) is 0 Å². The van der Waals surface area contributed by atoms with E-state index in [2.05, 4.69) is 72.9 Å². The molecule has 0 aliphatic rings. The Labute approximate surface area is 116 Å². The van der Waals surface area contributed by atoms with Gasteiger partial charge in [0.05, 0.1) is 0 Å². The van der Waals surface area contributed by atoms with Gasteiger partial charge < -0.3 is 5.32 Å². The van der Waals surface area contributed by atoms with E-state index in [-0.39, 0.29) is 0 Å². The molecular formula is C18H23N. The lowest BCUT2D eigenvalue weighted by molar-refractivity contribution is 0.517. The first-order valence-corrected chi connectivity index (χ1v) is 7.16. The third-order valence-electron chi connectivity index (χ3n) is 3.46. The summed E-state index contributed by atoms with van der Waals surface area (Å²) in [5.41, 5.74) is 2.84. The molecule has 19 heavy (non-hydrogen) atoms. The Bertz CT molecular complexity index is 450. The van der Waals surface area contributed by atoms with Gasteiger partial charge in [-0.3, -0.25) is 0 Å². The standard InChI is InChI=1S/C18H23N/c1-16(12-13-17-8-4-2-5-9-17)19-15-14-18-10-6-3-7-11-18/h2-11,16,19H,12-15H2,1H3. The van der Waals surface area contributed by atoms with E-state index in [1.165, 1.54) is 17.5 Å². The fraction of sp³-hybridized carbons (Fsp3) is 0.333. The highest BCUT2D eigenvalue weighted by Gasteiger charge is 2.01. The molecule has 1 N–H and O–H groups in total. The highest BCUT2D eigenvalue weighted by Crippen LogP contribution is 2.05. The molecule has 2 aromatic carbocycles. The summed E-state index contributed by atoms with van der Waals surface area (Å²) in [5.74, 6) is 0. The van der Waals surface area contributed by atoms with Gasteiger partial charge in [0.1, 0.15) is 0 Å². The molecule has 1 nitrogen and oxygen atoms in total. The zero-order valence-corrected chi connectivity index (χ0v) is 11.7. The van der Waals surface area contributed by atoms with Crippen LogP contribution in [0.25, 0.3) is 0 Å². The molecule has 0 heterocycles. The Balaban J connectivity index is 1.64. The molecule has 0 fully saturated rings. The van der Waals surface area contributed by atoms with Crippen molar-refractivity contribution in [1.29, 1.82) is 0 Å². The molecule has 0 amide bonds. The van der Waals surface area contributed by atoms with E-state index in [4.69, 9.17) is 0 Å². The fourth-order valence-electron chi connectivity index (χ4n) is 2.24. The number of rotatable bonds is 7. The van der Waals surface area contributed by atoms with Crippen LogP contribution < -0.4 is 5.32 Å². The van der Waals surface area contributed by atoms with E-state index in [0.29, 0.717) is 6.04 Å². The molecule has 1 unspecified atom stereocenters. The molecule has 0 bridgehead atoms. The number of hydrogen-bond donors (Lipinski definition) is 1. The second kappa shape index (κ2) is 7.75. The smallest absolute Gasteiger partial charge is 0.00420 e. The van der Waals surface area contributed by atoms with Gasteiger partial charge in [-0.15, -0.1) is 0 Å². The van der Waals surface area contributed by atoms with Crippen molar-refractivity contribution in [2.75, 3.05) is 6.54 Å². The van der Waals surface area contributed by atoms with Crippen LogP contribution in [0.15, 0.2) is 60.7 Å². The molecule has 0 spiro atoms. The summed E-state index contributed by atoms with van der Waals surface area (Å²) in [6.07, 6.45) is 3.45. The van der Waals surface area contributed by atoms with Crippen LogP contribution in [0.5, 0.6) is 0 Å². The van der Waals surface area contributed by atoms with Crippen molar-refractivity contribution in [2.45, 2.75) is 32.2 Å². The van der Waals surface area contributed by atoms with Gasteiger partial charge >= 0.3 is 0 Å². The van der Waals surface area contributed by atoms with Crippen LogP contribution in [0.1, 0.15) is 24.5 Å². The van der Waals surface area contributed by atoms with Gasteiger partial charge in [0.15, 0.2) is 0 Å². The van der Waals surface area contributed by atoms with Gasteiger partial charge in [0.2, 0.25) is 0 Å². The third-order valence-corrected chi connectivity index (χ3v) is 3.46. The molecule has 0 aromatic heterocycles. The summed E-state index contributed by atoms with van der Waals surface area (Å²) in [6.45, 7) is 3.33. The molecule has 2 aromatic rings. The minimum Gasteiger partial charge on any atom is -0.314 e. The van der Waals surface area contributed by atoms with Crippen LogP contribution in [-0.2, 0) is 12.8 Å². The quantitative estimate of drug-likeness (QED) is 0.790. The van der Waals surface area contributed by atoms with Crippen LogP contribution in [-0.4, -0.2) is 12.6 Å². The molecule has 0 saturated heterocycles. The predicted octanol–water partition coefficient (Wildman–Crippen LogP) is 3.84. The number of aryl methyl sites for hydroxylation is 1. The second-order valence-corrected chi connectivity index (χ2v) is 5.12. The van der Waals surface area contributed by atoms with Crippen molar-refractivity contribution in [3.05, 3.63) is 71.8 Å². The molecule has 1 atom stereocenters. The van der Waals surface area contributed by atoms with Crippen molar-refractivity contribution in [3.63, 3.8) is 0 Å². The molecule has 100 valence electrons. The molecule has 0 aliphatic carbocycles. The summed E-state index contributed by atoms with van der Waals surface area (Å²) in [7, 11) is 0. The Morgan fingerprint density at radius 1 is 0.789 bits per heavy atom. The van der Waals surface area contributed by atoms with E-state index in [1.54, 1.807) is 0 Å².